The Balaban J connectivity index is 2.47. The first-order chi connectivity index (χ1) is 12.7. The predicted molar refractivity (Wildman–Crippen MR) is 114 cm³/mol. The fourth-order valence-electron chi connectivity index (χ4n) is 2.73. The summed E-state index contributed by atoms with van der Waals surface area (Å²) in [4.78, 5) is 2.03. The SMILES string of the molecule is CC(C)OP(=O)(OC(C)C)[C@H](Nc1ccccc1)c1ccc(N(C)C)cc1. The Kier molecular flexibility index (Phi) is 7.49. The third kappa shape index (κ3) is 6.10. The van der Waals surface area contributed by atoms with E-state index in [1.54, 1.807) is 0 Å². The lowest BCUT2D eigenvalue weighted by molar-refractivity contribution is 0.138. The van der Waals surface area contributed by atoms with Crippen LogP contribution in [0.4, 0.5) is 11.4 Å². The maximum absolute atomic E-state index is 13.8. The zero-order chi connectivity index (χ0) is 20.0. The largest absolute Gasteiger partial charge is 0.378 e. The van der Waals surface area contributed by atoms with Gasteiger partial charge in [0, 0.05) is 25.5 Å². The first-order valence-corrected chi connectivity index (χ1v) is 10.9. The van der Waals surface area contributed by atoms with Crippen LogP contribution in [0.15, 0.2) is 54.6 Å². The van der Waals surface area contributed by atoms with Gasteiger partial charge in [0.1, 0.15) is 0 Å². The number of nitrogens with zero attached hydrogens (tertiary/aromatic N) is 1. The van der Waals surface area contributed by atoms with Gasteiger partial charge in [0.25, 0.3) is 0 Å². The van der Waals surface area contributed by atoms with Crippen molar-refractivity contribution in [1.82, 2.24) is 0 Å². The second kappa shape index (κ2) is 9.41. The molecule has 5 nitrogen and oxygen atoms in total. The van der Waals surface area contributed by atoms with E-state index in [1.165, 1.54) is 0 Å². The molecule has 0 amide bonds. The van der Waals surface area contributed by atoms with E-state index in [4.69, 9.17) is 9.05 Å². The van der Waals surface area contributed by atoms with E-state index in [0.717, 1.165) is 16.9 Å². The Morgan fingerprint density at radius 2 is 1.37 bits per heavy atom. The summed E-state index contributed by atoms with van der Waals surface area (Å²) in [6.07, 6.45) is -0.452. The van der Waals surface area contributed by atoms with E-state index in [0.29, 0.717) is 0 Å². The maximum Gasteiger partial charge on any atom is 0.357 e. The van der Waals surface area contributed by atoms with Gasteiger partial charge in [0.2, 0.25) is 0 Å². The molecule has 0 radical (unpaired) electrons. The molecule has 2 rings (SSSR count). The molecule has 1 N–H and O–H groups in total. The highest BCUT2D eigenvalue weighted by Gasteiger charge is 2.39. The molecule has 0 aliphatic rings. The molecule has 0 saturated carbocycles. The van der Waals surface area contributed by atoms with Crippen molar-refractivity contribution >= 4 is 19.0 Å². The highest BCUT2D eigenvalue weighted by molar-refractivity contribution is 7.54. The van der Waals surface area contributed by atoms with Crippen LogP contribution in [0, 0.1) is 0 Å². The molecule has 0 unspecified atom stereocenters. The van der Waals surface area contributed by atoms with Crippen molar-refractivity contribution < 1.29 is 13.6 Å². The summed E-state index contributed by atoms with van der Waals surface area (Å²) >= 11 is 0. The van der Waals surface area contributed by atoms with Crippen molar-refractivity contribution in [2.45, 2.75) is 45.7 Å². The zero-order valence-electron chi connectivity index (χ0n) is 17.0. The van der Waals surface area contributed by atoms with Gasteiger partial charge < -0.3 is 19.3 Å². The quantitative estimate of drug-likeness (QED) is 0.540. The van der Waals surface area contributed by atoms with Crippen molar-refractivity contribution in [1.29, 1.82) is 0 Å². The monoisotopic (exact) mass is 390 g/mol. The Labute approximate surface area is 163 Å². The Bertz CT molecular complexity index is 732. The molecule has 2 aromatic carbocycles. The second-order valence-corrected chi connectivity index (χ2v) is 9.26. The summed E-state index contributed by atoms with van der Waals surface area (Å²) in [5.74, 6) is -0.610. The van der Waals surface area contributed by atoms with Crippen molar-refractivity contribution in [3.63, 3.8) is 0 Å². The van der Waals surface area contributed by atoms with Crippen LogP contribution in [-0.2, 0) is 13.6 Å². The fraction of sp³-hybridized carbons (Fsp3) is 0.429. The van der Waals surface area contributed by atoms with Crippen molar-refractivity contribution in [2.75, 3.05) is 24.3 Å². The minimum Gasteiger partial charge on any atom is -0.378 e. The van der Waals surface area contributed by atoms with Crippen LogP contribution in [-0.4, -0.2) is 26.3 Å². The number of anilines is 2. The van der Waals surface area contributed by atoms with Crippen LogP contribution in [0.5, 0.6) is 0 Å². The van der Waals surface area contributed by atoms with Crippen LogP contribution >= 0.6 is 7.60 Å². The van der Waals surface area contributed by atoms with Gasteiger partial charge in [-0.25, -0.2) is 0 Å². The molecule has 0 aromatic heterocycles. The molecule has 0 spiro atoms. The molecule has 2 aromatic rings. The lowest BCUT2D eigenvalue weighted by Gasteiger charge is -2.31. The lowest BCUT2D eigenvalue weighted by atomic mass is 10.2. The van der Waals surface area contributed by atoms with E-state index in [-0.39, 0.29) is 12.2 Å². The van der Waals surface area contributed by atoms with Gasteiger partial charge in [-0.2, -0.15) is 0 Å². The Morgan fingerprint density at radius 3 is 1.81 bits per heavy atom. The number of benzene rings is 2. The summed E-state index contributed by atoms with van der Waals surface area (Å²) in [5, 5.41) is 3.37. The summed E-state index contributed by atoms with van der Waals surface area (Å²) in [7, 11) is 0.486. The van der Waals surface area contributed by atoms with Crippen LogP contribution in [0.25, 0.3) is 0 Å². The second-order valence-electron chi connectivity index (χ2n) is 7.25. The highest BCUT2D eigenvalue weighted by atomic mass is 31.2. The van der Waals surface area contributed by atoms with Gasteiger partial charge >= 0.3 is 7.60 Å². The van der Waals surface area contributed by atoms with Crippen LogP contribution in [0.3, 0.4) is 0 Å². The molecule has 0 bridgehead atoms. The van der Waals surface area contributed by atoms with Gasteiger partial charge in [-0.05, 0) is 57.5 Å². The number of hydrogen-bond donors (Lipinski definition) is 1. The van der Waals surface area contributed by atoms with Crippen LogP contribution in [0.2, 0.25) is 0 Å². The first kappa shape index (κ1) is 21.5. The average Bonchev–Trinajstić information content (AvgIpc) is 2.59. The van der Waals surface area contributed by atoms with Gasteiger partial charge in [-0.1, -0.05) is 30.3 Å². The standard InChI is InChI=1S/C21H31N2O3P/c1-16(2)25-27(24,26-17(3)4)21(22-19-10-8-7-9-11-19)18-12-14-20(15-13-18)23(5)6/h7-17,21-22H,1-6H3/t21-/m0/s1. The molecule has 0 fully saturated rings. The van der Waals surface area contributed by atoms with Crippen molar-refractivity contribution in [2.24, 2.45) is 0 Å². The molecule has 27 heavy (non-hydrogen) atoms. The minimum atomic E-state index is -3.49. The zero-order valence-corrected chi connectivity index (χ0v) is 17.9. The lowest BCUT2D eigenvalue weighted by Crippen LogP contribution is -2.19. The van der Waals surface area contributed by atoms with E-state index in [9.17, 15) is 4.57 Å². The van der Waals surface area contributed by atoms with E-state index < -0.39 is 13.4 Å². The van der Waals surface area contributed by atoms with Gasteiger partial charge in [-0.15, -0.1) is 0 Å². The topological polar surface area (TPSA) is 50.8 Å². The normalized spacial score (nSPS) is 13.0. The van der Waals surface area contributed by atoms with Crippen LogP contribution in [0.1, 0.15) is 39.0 Å². The minimum absolute atomic E-state index is 0.226. The van der Waals surface area contributed by atoms with E-state index in [2.05, 4.69) is 5.32 Å². The third-order valence-corrected chi connectivity index (χ3v) is 6.32. The van der Waals surface area contributed by atoms with E-state index in [1.807, 2.05) is 101 Å². The van der Waals surface area contributed by atoms with Crippen molar-refractivity contribution in [3.05, 3.63) is 60.2 Å². The molecular formula is C21H31N2O3P. The molecular weight excluding hydrogens is 359 g/mol. The Morgan fingerprint density at radius 1 is 0.852 bits per heavy atom. The van der Waals surface area contributed by atoms with Gasteiger partial charge in [0.05, 0.1) is 12.2 Å². The van der Waals surface area contributed by atoms with Crippen LogP contribution < -0.4 is 10.2 Å². The third-order valence-electron chi connectivity index (χ3n) is 3.83. The summed E-state index contributed by atoms with van der Waals surface area (Å²) in [6.45, 7) is 7.46. The predicted octanol–water partition coefficient (Wildman–Crippen LogP) is 5.91. The Hall–Kier alpha value is -1.81. The molecule has 6 heteroatoms. The molecule has 0 aliphatic heterocycles. The highest BCUT2D eigenvalue weighted by Crippen LogP contribution is 2.62. The number of hydrogen-bond acceptors (Lipinski definition) is 5. The number of nitrogens with one attached hydrogen (secondary N) is 1. The summed E-state index contributed by atoms with van der Waals surface area (Å²) in [6, 6.07) is 17.6. The molecule has 0 heterocycles. The summed E-state index contributed by atoms with van der Waals surface area (Å²) in [5.41, 5.74) is 2.79. The maximum atomic E-state index is 13.8. The molecule has 1 atom stereocenters. The molecule has 0 saturated heterocycles. The average molecular weight is 390 g/mol. The van der Waals surface area contributed by atoms with E-state index >= 15 is 0 Å². The van der Waals surface area contributed by atoms with Gasteiger partial charge in [-0.3, -0.25) is 4.57 Å². The smallest absolute Gasteiger partial charge is 0.357 e. The number of rotatable bonds is 9. The van der Waals surface area contributed by atoms with Crippen molar-refractivity contribution in [3.8, 4) is 0 Å². The summed E-state index contributed by atoms with van der Waals surface area (Å²) < 4.78 is 25.6. The van der Waals surface area contributed by atoms with Gasteiger partial charge in [0.15, 0.2) is 5.78 Å². The molecule has 0 aliphatic carbocycles. The fourth-order valence-corrected chi connectivity index (χ4v) is 5.04. The first-order valence-electron chi connectivity index (χ1n) is 9.26. The number of para-hydroxylation sites is 1. The molecule has 148 valence electrons.